The number of nitrogens with zero attached hydrogens (tertiary/aromatic N) is 12. The van der Waals surface area contributed by atoms with Crippen LogP contribution in [0.2, 0.25) is 0 Å². The van der Waals surface area contributed by atoms with E-state index in [1.807, 2.05) is 0 Å². The zero-order valence-electron chi connectivity index (χ0n) is 42.0. The van der Waals surface area contributed by atoms with Crippen molar-refractivity contribution in [2.75, 3.05) is 69.9 Å². The lowest BCUT2D eigenvalue weighted by atomic mass is 9.98. The van der Waals surface area contributed by atoms with E-state index < -0.39 is 94.4 Å². The molecule has 0 aliphatic carbocycles. The predicted octanol–water partition coefficient (Wildman–Crippen LogP) is 1.89. The molecule has 0 saturated carbocycles. The van der Waals surface area contributed by atoms with E-state index in [1.54, 1.807) is 20.8 Å². The zero-order chi connectivity index (χ0) is 55.0. The molecule has 36 heteroatoms. The van der Waals surface area contributed by atoms with Gasteiger partial charge in [-0.05, 0) is 41.5 Å². The van der Waals surface area contributed by atoms with Gasteiger partial charge in [0.2, 0.25) is 35.5 Å². The number of anilines is 3. The first-order valence-electron chi connectivity index (χ1n) is 24.1. The lowest BCUT2D eigenvalue weighted by molar-refractivity contribution is -0.0611. The predicted molar refractivity (Wildman–Crippen MR) is 259 cm³/mol. The summed E-state index contributed by atoms with van der Waals surface area (Å²) in [5.74, 6) is 0.162. The minimum Gasteiger partial charge on any atom is -0.476 e. The molecular weight excluding hydrogens is 1070 g/mol. The van der Waals surface area contributed by atoms with E-state index in [2.05, 4.69) is 55.0 Å². The number of nitrogens with one attached hydrogen (secondary N) is 2. The van der Waals surface area contributed by atoms with Crippen LogP contribution in [0.3, 0.4) is 0 Å². The smallest absolute Gasteiger partial charge is 0.406 e. The van der Waals surface area contributed by atoms with Crippen LogP contribution < -0.4 is 41.6 Å². The number of aliphatic hydroxyl groups excluding tert-OH is 2. The van der Waals surface area contributed by atoms with Crippen molar-refractivity contribution in [3.05, 3.63) is 19.0 Å². The van der Waals surface area contributed by atoms with Crippen molar-refractivity contribution < 1.29 is 79.0 Å². The highest BCUT2D eigenvalue weighted by atomic mass is 31.2. The van der Waals surface area contributed by atoms with Gasteiger partial charge in [-0.25, -0.2) is 47.4 Å². The number of hydrogen-bond acceptors (Lipinski definition) is 26. The van der Waals surface area contributed by atoms with Gasteiger partial charge in [0, 0.05) is 13.1 Å². The fraction of sp³-hybridized carbons (Fsp3) is 0.634. The highest BCUT2D eigenvalue weighted by Gasteiger charge is 2.63. The minimum absolute atomic E-state index is 0.0551. The average molecular weight is 1130 g/mol. The van der Waals surface area contributed by atoms with Gasteiger partial charge in [0.15, 0.2) is 69.2 Å². The normalized spacial score (nSPS) is 34.8. The van der Waals surface area contributed by atoms with Crippen LogP contribution in [-0.2, 0) is 41.4 Å². The first-order valence-corrected chi connectivity index (χ1v) is 27.2. The Hall–Kier alpha value is -5.74. The monoisotopic (exact) mass is 1130 g/mol. The van der Waals surface area contributed by atoms with E-state index in [0.717, 1.165) is 0 Å². The van der Waals surface area contributed by atoms with E-state index in [9.17, 15) is 23.7 Å². The van der Waals surface area contributed by atoms with Gasteiger partial charge in [0.25, 0.3) is 0 Å². The number of hydrogen-bond donors (Lipinski definition) is 7. The van der Waals surface area contributed by atoms with E-state index in [4.69, 9.17) is 63.7 Å². The summed E-state index contributed by atoms with van der Waals surface area (Å²) >= 11 is 0. The molecule has 0 amide bonds. The molecule has 10 N–H and O–H groups in total. The Morgan fingerprint density at radius 2 is 0.974 bits per heavy atom. The van der Waals surface area contributed by atoms with Gasteiger partial charge in [-0.15, -0.1) is 0 Å². The maximum Gasteiger partial charge on any atom is 0.406 e. The second kappa shape index (κ2) is 20.5. The number of alkyl halides is 3. The van der Waals surface area contributed by atoms with Crippen molar-refractivity contribution in [1.82, 2.24) is 68.7 Å². The Bertz CT molecular complexity index is 3120. The summed E-state index contributed by atoms with van der Waals surface area (Å²) in [5.41, 5.74) is 12.1. The molecule has 11 rings (SSSR count). The molecule has 14 atom stereocenters. The van der Waals surface area contributed by atoms with Crippen LogP contribution in [0.1, 0.15) is 60.2 Å². The minimum atomic E-state index is -4.13. The highest BCUT2D eigenvalue weighted by molar-refractivity contribution is 7.52. The molecule has 31 nitrogen and oxygen atoms in total. The molecule has 77 heavy (non-hydrogen) atoms. The molecule has 420 valence electrons. The Balaban J connectivity index is 0.000000244. The second-order valence-corrected chi connectivity index (χ2v) is 22.1. The standard InChI is InChI=1S/C28H38F2N12O10P2.C13H18FN5O4/c1-5-45-21-15-19(37-25(31)39-21)41(11-33-15)23-27(3,29)17-13(49-23)9-47-53(43,51-17)35-7-8-36-54(44)48-10-14-18(52-54)28(4,30)24(50-14)42-12-34-16-20(42)38-26(32)40-22(16)46-6-2;1-3-22-10-7-9(17-12(15)18-10)19(5-16-7)11-13(2,14)8(21)6(4-20)23-11/h11-14,17-18,23-24H,5-10H2,1-4H3,(H,35,43)(H,36,44)(H2,31,37,39)(H2,32,38,40);5-6,8,11,20-21H,3-4H2,1-2H3,(H2,15,17,18)/t13-,14-,17-,18-,23-,24-,27-,28-,53?,54?;6-,8-,11-,13-/m11/s1. The maximum absolute atomic E-state index is 16.6. The molecule has 0 aromatic carbocycles. The number of aliphatic hydroxyl groups is 2. The number of rotatable bonds is 15. The number of nitrogens with two attached hydrogens (primary N) is 3. The zero-order valence-corrected chi connectivity index (χ0v) is 43.8. The van der Waals surface area contributed by atoms with Crippen molar-refractivity contribution in [2.24, 2.45) is 0 Å². The first-order chi connectivity index (χ1) is 36.6. The molecule has 5 saturated heterocycles. The van der Waals surface area contributed by atoms with Crippen LogP contribution in [0.25, 0.3) is 33.5 Å². The third-order valence-corrected chi connectivity index (χ3v) is 16.3. The molecular formula is C41H56F3N17O14P2. The summed E-state index contributed by atoms with van der Waals surface area (Å²) < 4.78 is 135. The third-order valence-electron chi connectivity index (χ3n) is 13.1. The fourth-order valence-electron chi connectivity index (χ4n) is 9.58. The van der Waals surface area contributed by atoms with Crippen molar-refractivity contribution in [3.8, 4) is 17.6 Å². The molecule has 6 aromatic heterocycles. The third kappa shape index (κ3) is 9.75. The maximum atomic E-state index is 16.6. The topological polar surface area (TPSA) is 400 Å². The summed E-state index contributed by atoms with van der Waals surface area (Å²) in [6.07, 6.45) is -7.03. The van der Waals surface area contributed by atoms with E-state index in [1.165, 1.54) is 53.5 Å². The molecule has 0 radical (unpaired) electrons. The van der Waals surface area contributed by atoms with Gasteiger partial charge in [0.05, 0.1) is 58.6 Å². The Kier molecular flexibility index (Phi) is 14.5. The Morgan fingerprint density at radius 1 is 0.623 bits per heavy atom. The van der Waals surface area contributed by atoms with Gasteiger partial charge < -0.3 is 55.8 Å². The highest BCUT2D eigenvalue weighted by Crippen LogP contribution is 2.59. The van der Waals surface area contributed by atoms with E-state index in [0.29, 0.717) is 12.1 Å². The lowest BCUT2D eigenvalue weighted by Gasteiger charge is -2.35. The van der Waals surface area contributed by atoms with Gasteiger partial charge in [-0.1, -0.05) is 0 Å². The number of fused-ring (bicyclic) bond motifs is 5. The number of halogens is 3. The molecule has 0 bridgehead atoms. The second-order valence-electron chi connectivity index (χ2n) is 18.5. The van der Waals surface area contributed by atoms with E-state index >= 15 is 8.78 Å². The Morgan fingerprint density at radius 3 is 1.30 bits per heavy atom. The van der Waals surface area contributed by atoms with Crippen molar-refractivity contribution >= 4 is 66.8 Å². The average Bonchev–Trinajstić information content (AvgIpc) is 4.30. The van der Waals surface area contributed by atoms with Crippen molar-refractivity contribution in [1.29, 1.82) is 0 Å². The summed E-state index contributed by atoms with van der Waals surface area (Å²) in [7, 11) is -8.25. The largest absolute Gasteiger partial charge is 0.476 e. The number of imidazole rings is 3. The summed E-state index contributed by atoms with van der Waals surface area (Å²) in [5, 5.41) is 24.4. The molecule has 6 aromatic rings. The van der Waals surface area contributed by atoms with Crippen molar-refractivity contribution in [3.63, 3.8) is 0 Å². The van der Waals surface area contributed by atoms with Gasteiger partial charge in [-0.2, -0.15) is 29.9 Å². The van der Waals surface area contributed by atoms with Crippen LogP contribution in [0.5, 0.6) is 17.6 Å². The van der Waals surface area contributed by atoms with Gasteiger partial charge in [-0.3, -0.25) is 31.8 Å². The van der Waals surface area contributed by atoms with Crippen LogP contribution in [0.15, 0.2) is 19.0 Å². The quantitative estimate of drug-likeness (QED) is 0.0570. The van der Waals surface area contributed by atoms with Crippen LogP contribution in [0.4, 0.5) is 31.0 Å². The van der Waals surface area contributed by atoms with Crippen LogP contribution >= 0.6 is 15.5 Å². The molecule has 5 aliphatic rings. The SMILES string of the molecule is CCOc1nc(N)nc2c1ncn2[C@@H]1O[C@@H]2COP(=O)(NCCNP3(=O)OC[C@H]4O[C@@H](n5cnc6c(OCC)nc(N)nc65)[C@](C)(F)[C@@H]4O3)O[C@H]2[C@@]1(C)F.CCOc1nc(N)nc2c1ncn2[C@@H]1O[C@H](CO)[C@@H](O)[C@@]1(C)F. The van der Waals surface area contributed by atoms with Gasteiger partial charge >= 0.3 is 15.5 Å². The fourth-order valence-corrected chi connectivity index (χ4v) is 12.8. The van der Waals surface area contributed by atoms with Crippen molar-refractivity contribution in [2.45, 2.75) is 114 Å². The molecule has 5 fully saturated rings. The Labute approximate surface area is 434 Å². The van der Waals surface area contributed by atoms with Crippen LogP contribution in [0, 0.1) is 0 Å². The summed E-state index contributed by atoms with van der Waals surface area (Å²) in [6.45, 7) is 8.46. The number of ether oxygens (including phenoxy) is 6. The van der Waals surface area contributed by atoms with Crippen LogP contribution in [-0.4, -0.2) is 175 Å². The molecule has 2 unspecified atom stereocenters. The lowest BCUT2D eigenvalue weighted by Crippen LogP contribution is -2.47. The number of aromatic nitrogens is 12. The number of nitrogen functional groups attached to an aromatic ring is 3. The molecule has 0 spiro atoms. The van der Waals surface area contributed by atoms with Gasteiger partial charge in [0.1, 0.15) is 36.6 Å². The summed E-state index contributed by atoms with van der Waals surface area (Å²) in [6, 6.07) is 0. The molecule has 11 heterocycles. The molecule has 5 aliphatic heterocycles. The summed E-state index contributed by atoms with van der Waals surface area (Å²) in [4.78, 5) is 37.2. The first kappa shape index (κ1) is 54.6. The van der Waals surface area contributed by atoms with E-state index in [-0.39, 0.29) is 103 Å².